The lowest BCUT2D eigenvalue weighted by atomic mass is 10.2. The van der Waals surface area contributed by atoms with E-state index in [1.54, 1.807) is 0 Å². The molecule has 0 fully saturated rings. The molecule has 2 N–H and O–H groups in total. The number of pyridine rings is 1. The fraction of sp³-hybridized carbons (Fsp3) is 0.375. The maximum Gasteiger partial charge on any atom is 0.152 e. The quantitative estimate of drug-likeness (QED) is 0.561. The van der Waals surface area contributed by atoms with Crippen LogP contribution in [-0.4, -0.2) is 20.4 Å². The number of alkyl halides is 1. The van der Waals surface area contributed by atoms with Gasteiger partial charge in [0.05, 0.1) is 11.0 Å². The van der Waals surface area contributed by atoms with Gasteiger partial charge in [0.2, 0.25) is 0 Å². The molecule has 0 saturated carbocycles. The Bertz CT molecular complexity index is 783. The highest BCUT2D eigenvalue weighted by atomic mass is 35.5. The molecule has 3 rings (SSSR count). The predicted molar refractivity (Wildman–Crippen MR) is 96.0 cm³/mol. The van der Waals surface area contributed by atoms with E-state index in [0.717, 1.165) is 53.6 Å². The van der Waals surface area contributed by atoms with Gasteiger partial charge in [0, 0.05) is 24.2 Å². The van der Waals surface area contributed by atoms with Crippen LogP contribution < -0.4 is 5.73 Å². The smallest absolute Gasteiger partial charge is 0.152 e. The summed E-state index contributed by atoms with van der Waals surface area (Å²) in [4.78, 5) is 9.17. The Hall–Kier alpha value is -1.52. The van der Waals surface area contributed by atoms with Gasteiger partial charge in [0.1, 0.15) is 11.3 Å². The number of halogens is 2. The number of imidazole rings is 1. The highest BCUT2D eigenvalue weighted by Gasteiger charge is 2.15. The van der Waals surface area contributed by atoms with Crippen LogP contribution >= 0.6 is 24.0 Å². The topological polar surface area (TPSA) is 56.7 Å². The number of para-hydroxylation sites is 1. The van der Waals surface area contributed by atoms with E-state index in [4.69, 9.17) is 22.3 Å². The van der Waals surface area contributed by atoms with Crippen LogP contribution in [0.4, 0.5) is 5.82 Å². The summed E-state index contributed by atoms with van der Waals surface area (Å²) in [5, 5.41) is 1.11. The minimum atomic E-state index is 0. The van der Waals surface area contributed by atoms with Crippen molar-refractivity contribution in [3.8, 4) is 0 Å². The lowest BCUT2D eigenvalue weighted by Crippen LogP contribution is -2.04. The number of nitrogens with zero attached hydrogens (tertiary/aromatic N) is 3. The minimum Gasteiger partial charge on any atom is -0.382 e. The van der Waals surface area contributed by atoms with Gasteiger partial charge < -0.3 is 10.3 Å². The van der Waals surface area contributed by atoms with Crippen molar-refractivity contribution in [3.63, 3.8) is 0 Å². The van der Waals surface area contributed by atoms with E-state index in [9.17, 15) is 0 Å². The standard InChI is InChI=1S/C16H19ClN4.ClH/c1-2-13-20-14-15(21(13)10-6-5-9-17)11-7-3-4-8-12(11)19-16(14)18;/h3-4,7-8H,2,5-6,9-10H2,1H3,(H2,18,19);1H. The molecule has 0 radical (unpaired) electrons. The number of fused-ring (bicyclic) bond motifs is 3. The summed E-state index contributed by atoms with van der Waals surface area (Å²) < 4.78 is 2.28. The van der Waals surface area contributed by atoms with E-state index in [2.05, 4.69) is 22.5 Å². The molecule has 0 unspecified atom stereocenters. The van der Waals surface area contributed by atoms with Gasteiger partial charge in [0.15, 0.2) is 5.82 Å². The van der Waals surface area contributed by atoms with Gasteiger partial charge >= 0.3 is 0 Å². The van der Waals surface area contributed by atoms with Crippen LogP contribution in [0.5, 0.6) is 0 Å². The Labute approximate surface area is 141 Å². The number of anilines is 1. The van der Waals surface area contributed by atoms with Gasteiger partial charge in [0.25, 0.3) is 0 Å². The summed E-state index contributed by atoms with van der Waals surface area (Å²) in [7, 11) is 0. The number of rotatable bonds is 5. The van der Waals surface area contributed by atoms with Crippen LogP contribution in [0.25, 0.3) is 21.9 Å². The fourth-order valence-electron chi connectivity index (χ4n) is 2.78. The molecule has 6 heteroatoms. The van der Waals surface area contributed by atoms with Crippen molar-refractivity contribution >= 4 is 51.8 Å². The average molecular weight is 339 g/mol. The molecule has 1 aromatic carbocycles. The minimum absolute atomic E-state index is 0. The molecule has 3 aromatic rings. The molecule has 0 aliphatic rings. The Kier molecular flexibility index (Phi) is 5.48. The Morgan fingerprint density at radius 3 is 2.68 bits per heavy atom. The summed E-state index contributed by atoms with van der Waals surface area (Å²) >= 11 is 5.80. The number of benzene rings is 1. The third-order valence-corrected chi connectivity index (χ3v) is 4.04. The SMILES string of the molecule is CCc1nc2c(N)nc3ccccc3c2n1CCCCCl.Cl. The van der Waals surface area contributed by atoms with Gasteiger partial charge in [-0.15, -0.1) is 24.0 Å². The first-order valence-corrected chi connectivity index (χ1v) is 7.89. The third-order valence-electron chi connectivity index (χ3n) is 3.77. The summed E-state index contributed by atoms with van der Waals surface area (Å²) in [6.45, 7) is 3.03. The maximum atomic E-state index is 6.11. The van der Waals surface area contributed by atoms with Crippen molar-refractivity contribution in [2.45, 2.75) is 32.7 Å². The molecular formula is C16H20Cl2N4. The second kappa shape index (κ2) is 7.16. The molecule has 0 aliphatic carbocycles. The number of hydrogen-bond acceptors (Lipinski definition) is 3. The zero-order valence-electron chi connectivity index (χ0n) is 12.6. The van der Waals surface area contributed by atoms with Crippen molar-refractivity contribution in [3.05, 3.63) is 30.1 Å². The number of nitrogens with two attached hydrogens (primary N) is 1. The number of unbranched alkanes of at least 4 members (excludes halogenated alkanes) is 1. The van der Waals surface area contributed by atoms with Gasteiger partial charge in [-0.2, -0.15) is 0 Å². The molecule has 22 heavy (non-hydrogen) atoms. The zero-order chi connectivity index (χ0) is 14.8. The van der Waals surface area contributed by atoms with Crippen molar-refractivity contribution in [2.24, 2.45) is 0 Å². The highest BCUT2D eigenvalue weighted by molar-refractivity contribution is 6.17. The second-order valence-corrected chi connectivity index (χ2v) is 5.52. The van der Waals surface area contributed by atoms with Crippen LogP contribution in [0, 0.1) is 0 Å². The van der Waals surface area contributed by atoms with Crippen molar-refractivity contribution < 1.29 is 0 Å². The molecule has 4 nitrogen and oxygen atoms in total. The number of aryl methyl sites for hydroxylation is 2. The number of hydrogen-bond donors (Lipinski definition) is 1. The highest BCUT2D eigenvalue weighted by Crippen LogP contribution is 2.29. The lowest BCUT2D eigenvalue weighted by Gasteiger charge is -2.09. The van der Waals surface area contributed by atoms with E-state index in [1.807, 2.05) is 18.2 Å². The number of aromatic nitrogens is 3. The first-order chi connectivity index (χ1) is 10.3. The van der Waals surface area contributed by atoms with Gasteiger partial charge in [-0.1, -0.05) is 25.1 Å². The normalized spacial score (nSPS) is 11.0. The zero-order valence-corrected chi connectivity index (χ0v) is 14.1. The molecule has 0 atom stereocenters. The lowest BCUT2D eigenvalue weighted by molar-refractivity contribution is 0.622. The van der Waals surface area contributed by atoms with E-state index in [1.165, 1.54) is 0 Å². The van der Waals surface area contributed by atoms with E-state index >= 15 is 0 Å². The van der Waals surface area contributed by atoms with Crippen LogP contribution in [-0.2, 0) is 13.0 Å². The van der Waals surface area contributed by atoms with Crippen LogP contribution in [0.15, 0.2) is 24.3 Å². The summed E-state index contributed by atoms with van der Waals surface area (Å²) in [6, 6.07) is 8.09. The van der Waals surface area contributed by atoms with Gasteiger partial charge in [-0.05, 0) is 18.9 Å². The number of nitrogen functional groups attached to an aromatic ring is 1. The van der Waals surface area contributed by atoms with Crippen molar-refractivity contribution in [2.75, 3.05) is 11.6 Å². The average Bonchev–Trinajstić information content (AvgIpc) is 2.87. The van der Waals surface area contributed by atoms with Gasteiger partial charge in [-0.3, -0.25) is 0 Å². The van der Waals surface area contributed by atoms with Crippen LogP contribution in [0.3, 0.4) is 0 Å². The Morgan fingerprint density at radius 1 is 1.18 bits per heavy atom. The first-order valence-electron chi connectivity index (χ1n) is 7.35. The van der Waals surface area contributed by atoms with E-state index in [0.29, 0.717) is 11.7 Å². The molecule has 0 spiro atoms. The fourth-order valence-corrected chi connectivity index (χ4v) is 2.97. The molecule has 0 amide bonds. The van der Waals surface area contributed by atoms with E-state index in [-0.39, 0.29) is 12.4 Å². The van der Waals surface area contributed by atoms with Crippen molar-refractivity contribution in [1.29, 1.82) is 0 Å². The third kappa shape index (κ3) is 2.85. The van der Waals surface area contributed by atoms with Crippen molar-refractivity contribution in [1.82, 2.24) is 14.5 Å². The largest absolute Gasteiger partial charge is 0.382 e. The molecule has 0 bridgehead atoms. The Morgan fingerprint density at radius 2 is 1.95 bits per heavy atom. The van der Waals surface area contributed by atoms with Crippen LogP contribution in [0.2, 0.25) is 0 Å². The molecular weight excluding hydrogens is 319 g/mol. The summed E-state index contributed by atoms with van der Waals surface area (Å²) in [5.41, 5.74) is 8.94. The Balaban J connectivity index is 0.00000176. The monoisotopic (exact) mass is 338 g/mol. The first kappa shape index (κ1) is 16.8. The molecule has 0 aliphatic heterocycles. The second-order valence-electron chi connectivity index (χ2n) is 5.14. The summed E-state index contributed by atoms with van der Waals surface area (Å²) in [6.07, 6.45) is 2.92. The van der Waals surface area contributed by atoms with Gasteiger partial charge in [-0.25, -0.2) is 9.97 Å². The maximum absolute atomic E-state index is 6.11. The molecule has 2 aromatic heterocycles. The van der Waals surface area contributed by atoms with E-state index < -0.39 is 0 Å². The molecule has 2 heterocycles. The molecule has 0 saturated heterocycles. The summed E-state index contributed by atoms with van der Waals surface area (Å²) in [5.74, 6) is 2.26. The van der Waals surface area contributed by atoms with Crippen LogP contribution in [0.1, 0.15) is 25.6 Å². The molecule has 118 valence electrons. The predicted octanol–water partition coefficient (Wildman–Crippen LogP) is 4.17.